The van der Waals surface area contributed by atoms with Crippen molar-refractivity contribution in [2.75, 3.05) is 0 Å². The minimum absolute atomic E-state index is 0.558. The van der Waals surface area contributed by atoms with Crippen LogP contribution in [-0.2, 0) is 4.79 Å². The number of pyridine rings is 1. The lowest BCUT2D eigenvalue weighted by atomic mass is 10.2. The summed E-state index contributed by atoms with van der Waals surface area (Å²) >= 11 is 0. The van der Waals surface area contributed by atoms with Gasteiger partial charge in [0, 0.05) is 6.20 Å². The second-order valence-electron chi connectivity index (χ2n) is 3.39. The van der Waals surface area contributed by atoms with Crippen LogP contribution in [0.15, 0.2) is 53.7 Å². The summed E-state index contributed by atoms with van der Waals surface area (Å²) in [5.41, 5.74) is 2.41. The Morgan fingerprint density at radius 2 is 1.94 bits per heavy atom. The zero-order chi connectivity index (χ0) is 11.9. The molecule has 2 aromatic rings. The molecule has 2 rings (SSSR count). The van der Waals surface area contributed by atoms with Crippen LogP contribution in [0, 0.1) is 0 Å². The molecule has 0 spiro atoms. The maximum atomic E-state index is 10.1. The molecular weight excluding hydrogens is 212 g/mol. The Bertz CT molecular complexity index is 570. The first kappa shape index (κ1) is 11.0. The van der Waals surface area contributed by atoms with Gasteiger partial charge in [-0.3, -0.25) is 4.98 Å². The number of benzene rings is 1. The summed E-state index contributed by atoms with van der Waals surface area (Å²) in [6.07, 6.45) is 6.95. The van der Waals surface area contributed by atoms with Crippen molar-refractivity contribution in [1.29, 1.82) is 0 Å². The molecule has 0 aliphatic heterocycles. The van der Waals surface area contributed by atoms with E-state index in [4.69, 9.17) is 0 Å². The first-order chi connectivity index (χ1) is 8.38. The van der Waals surface area contributed by atoms with E-state index in [1.807, 2.05) is 42.5 Å². The molecule has 0 bridgehead atoms. The monoisotopic (exact) mass is 222 g/mol. The second kappa shape index (κ2) is 5.54. The Kier molecular flexibility index (Phi) is 3.58. The summed E-state index contributed by atoms with van der Waals surface area (Å²) in [6, 6.07) is 13.3. The van der Waals surface area contributed by atoms with E-state index in [0.29, 0.717) is 5.69 Å². The van der Waals surface area contributed by atoms with Crippen LogP contribution in [0.4, 0.5) is 5.69 Å². The molecule has 0 atom stereocenters. The average molecular weight is 222 g/mol. The molecule has 1 heterocycles. The van der Waals surface area contributed by atoms with Crippen molar-refractivity contribution in [3.63, 3.8) is 0 Å². The zero-order valence-electron chi connectivity index (χ0n) is 9.08. The molecule has 3 nitrogen and oxygen atoms in total. The molecule has 0 fully saturated rings. The van der Waals surface area contributed by atoms with E-state index in [1.165, 1.54) is 6.08 Å². The summed E-state index contributed by atoms with van der Waals surface area (Å²) < 4.78 is 0. The van der Waals surface area contributed by atoms with Gasteiger partial charge in [0.15, 0.2) is 0 Å². The molecule has 0 N–H and O–H groups in total. The summed E-state index contributed by atoms with van der Waals surface area (Å²) in [6.45, 7) is 0. The Labute approximate surface area is 99.2 Å². The Morgan fingerprint density at radius 1 is 1.12 bits per heavy atom. The quantitative estimate of drug-likeness (QED) is 0.591. The molecule has 0 aliphatic rings. The van der Waals surface area contributed by atoms with E-state index in [2.05, 4.69) is 9.98 Å². The topological polar surface area (TPSA) is 42.3 Å². The van der Waals surface area contributed by atoms with Crippen molar-refractivity contribution in [3.05, 3.63) is 59.9 Å². The third-order valence-corrected chi connectivity index (χ3v) is 2.19. The number of isocyanates is 1. The standard InChI is InChI=1S/C14H10N2O/c17-11-16-14-8-9-15-13(10-14)7-6-12-4-2-1-3-5-12/h1-10H. The van der Waals surface area contributed by atoms with E-state index in [1.54, 1.807) is 18.3 Å². The first-order valence-corrected chi connectivity index (χ1v) is 5.15. The van der Waals surface area contributed by atoms with Crippen molar-refractivity contribution >= 4 is 23.9 Å². The number of hydrogen-bond donors (Lipinski definition) is 0. The first-order valence-electron chi connectivity index (χ1n) is 5.15. The van der Waals surface area contributed by atoms with Gasteiger partial charge in [-0.25, -0.2) is 4.79 Å². The Hall–Kier alpha value is -2.51. The smallest absolute Gasteiger partial charge is 0.240 e. The molecular formula is C14H10N2O. The van der Waals surface area contributed by atoms with Crippen LogP contribution in [0.25, 0.3) is 12.2 Å². The van der Waals surface area contributed by atoms with Gasteiger partial charge in [0.2, 0.25) is 6.08 Å². The van der Waals surface area contributed by atoms with Crippen LogP contribution in [0.2, 0.25) is 0 Å². The third-order valence-electron chi connectivity index (χ3n) is 2.19. The molecule has 0 radical (unpaired) electrons. The van der Waals surface area contributed by atoms with E-state index in [0.717, 1.165) is 11.3 Å². The van der Waals surface area contributed by atoms with E-state index in [-0.39, 0.29) is 0 Å². The average Bonchev–Trinajstić information content (AvgIpc) is 2.39. The van der Waals surface area contributed by atoms with Crippen molar-refractivity contribution < 1.29 is 4.79 Å². The van der Waals surface area contributed by atoms with E-state index in [9.17, 15) is 4.79 Å². The van der Waals surface area contributed by atoms with Crippen molar-refractivity contribution in [3.8, 4) is 0 Å². The van der Waals surface area contributed by atoms with Crippen LogP contribution in [-0.4, -0.2) is 11.1 Å². The maximum Gasteiger partial charge on any atom is 0.240 e. The summed E-state index contributed by atoms with van der Waals surface area (Å²) in [4.78, 5) is 17.8. The molecule has 1 aromatic heterocycles. The highest BCUT2D eigenvalue weighted by Crippen LogP contribution is 2.13. The number of hydrogen-bond acceptors (Lipinski definition) is 3. The lowest BCUT2D eigenvalue weighted by Gasteiger charge is -1.94. The van der Waals surface area contributed by atoms with Crippen LogP contribution >= 0.6 is 0 Å². The minimum Gasteiger partial charge on any atom is -0.257 e. The lowest BCUT2D eigenvalue weighted by Crippen LogP contribution is -1.78. The number of aliphatic imine (C=N–C) groups is 1. The fourth-order valence-electron chi connectivity index (χ4n) is 1.40. The van der Waals surface area contributed by atoms with Gasteiger partial charge in [-0.15, -0.1) is 0 Å². The summed E-state index contributed by atoms with van der Waals surface area (Å²) in [5, 5.41) is 0. The highest BCUT2D eigenvalue weighted by Gasteiger charge is 1.92. The Balaban J connectivity index is 2.21. The molecule has 17 heavy (non-hydrogen) atoms. The van der Waals surface area contributed by atoms with Gasteiger partial charge in [0.25, 0.3) is 0 Å². The van der Waals surface area contributed by atoms with Gasteiger partial charge in [-0.2, -0.15) is 4.99 Å². The van der Waals surface area contributed by atoms with Gasteiger partial charge in [-0.1, -0.05) is 36.4 Å². The molecule has 0 saturated carbocycles. The molecule has 3 heteroatoms. The number of carbonyl (C=O) groups excluding carboxylic acids is 1. The summed E-state index contributed by atoms with van der Waals surface area (Å²) in [5.74, 6) is 0. The number of rotatable bonds is 3. The molecule has 0 aliphatic carbocycles. The van der Waals surface area contributed by atoms with Gasteiger partial charge in [0.05, 0.1) is 11.4 Å². The highest BCUT2D eigenvalue weighted by atomic mass is 16.1. The number of aromatic nitrogens is 1. The second-order valence-corrected chi connectivity index (χ2v) is 3.39. The zero-order valence-corrected chi connectivity index (χ0v) is 9.08. The van der Waals surface area contributed by atoms with Gasteiger partial charge in [0.1, 0.15) is 0 Å². The van der Waals surface area contributed by atoms with Gasteiger partial charge in [-0.05, 0) is 23.8 Å². The Morgan fingerprint density at radius 3 is 2.71 bits per heavy atom. The molecule has 1 aromatic carbocycles. The van der Waals surface area contributed by atoms with E-state index >= 15 is 0 Å². The molecule has 82 valence electrons. The van der Waals surface area contributed by atoms with Crippen molar-refractivity contribution in [1.82, 2.24) is 4.98 Å². The van der Waals surface area contributed by atoms with Crippen molar-refractivity contribution in [2.45, 2.75) is 0 Å². The normalized spacial score (nSPS) is 10.1. The van der Waals surface area contributed by atoms with Gasteiger partial charge >= 0.3 is 0 Å². The predicted octanol–water partition coefficient (Wildman–Crippen LogP) is 3.22. The van der Waals surface area contributed by atoms with Gasteiger partial charge < -0.3 is 0 Å². The largest absolute Gasteiger partial charge is 0.257 e. The number of nitrogens with zero attached hydrogens (tertiary/aromatic N) is 2. The van der Waals surface area contributed by atoms with Crippen LogP contribution in [0.5, 0.6) is 0 Å². The maximum absolute atomic E-state index is 10.1. The highest BCUT2D eigenvalue weighted by molar-refractivity contribution is 5.69. The third kappa shape index (κ3) is 3.23. The fraction of sp³-hybridized carbons (Fsp3) is 0. The SMILES string of the molecule is O=C=Nc1ccnc(C=Cc2ccccc2)c1. The molecule has 0 saturated heterocycles. The predicted molar refractivity (Wildman–Crippen MR) is 67.4 cm³/mol. The minimum atomic E-state index is 0.558. The van der Waals surface area contributed by atoms with Crippen molar-refractivity contribution in [2.24, 2.45) is 4.99 Å². The van der Waals surface area contributed by atoms with Crippen LogP contribution in [0.1, 0.15) is 11.3 Å². The van der Waals surface area contributed by atoms with Crippen LogP contribution in [0.3, 0.4) is 0 Å². The summed E-state index contributed by atoms with van der Waals surface area (Å²) in [7, 11) is 0. The van der Waals surface area contributed by atoms with E-state index < -0.39 is 0 Å². The molecule has 0 unspecified atom stereocenters. The lowest BCUT2D eigenvalue weighted by molar-refractivity contribution is 0.565. The van der Waals surface area contributed by atoms with Crippen LogP contribution < -0.4 is 0 Å². The molecule has 0 amide bonds. The fourth-order valence-corrected chi connectivity index (χ4v) is 1.40.